The van der Waals surface area contributed by atoms with Crippen molar-refractivity contribution in [1.82, 2.24) is 29.5 Å². The maximum Gasteiger partial charge on any atom is 0.482 e. The predicted octanol–water partition coefficient (Wildman–Crippen LogP) is 3.20. The number of nitrogens with one attached hydrogen (secondary N) is 3. The van der Waals surface area contributed by atoms with Gasteiger partial charge in [-0.1, -0.05) is 26.0 Å². The number of nitrogens with zero attached hydrogens (tertiary/aromatic N) is 3. The van der Waals surface area contributed by atoms with E-state index < -0.39 is 87.8 Å². The number of methoxy groups -OCH3 is 1. The molecule has 64 heavy (non-hydrogen) atoms. The van der Waals surface area contributed by atoms with Crippen molar-refractivity contribution in [2.45, 2.75) is 136 Å². The third-order valence-electron chi connectivity index (χ3n) is 13.4. The van der Waals surface area contributed by atoms with Crippen molar-refractivity contribution < 1.29 is 60.7 Å². The first-order valence-corrected chi connectivity index (χ1v) is 23.6. The van der Waals surface area contributed by atoms with Gasteiger partial charge >= 0.3 is 47.2 Å². The summed E-state index contributed by atoms with van der Waals surface area (Å²) in [6, 6.07) is 2.71. The molecule has 3 aliphatic carbocycles. The fourth-order valence-electron chi connectivity index (χ4n) is 9.97. The highest BCUT2D eigenvalue weighted by Crippen LogP contribution is 2.65. The zero-order valence-electron chi connectivity index (χ0n) is 38.9. The molecule has 1 aromatic carbocycles. The minimum absolute atomic E-state index is 0.00872. The second kappa shape index (κ2) is 18.1. The number of hydrogen-bond acceptors (Lipinski definition) is 13. The van der Waals surface area contributed by atoms with E-state index in [-0.39, 0.29) is 80.7 Å². The number of carbonyl (C=O) groups is 6. The van der Waals surface area contributed by atoms with Crippen LogP contribution < -0.4 is 20.1 Å². The van der Waals surface area contributed by atoms with Crippen LogP contribution in [-0.2, 0) is 49.8 Å². The van der Waals surface area contributed by atoms with E-state index in [0.717, 1.165) is 22.0 Å². The van der Waals surface area contributed by atoms with E-state index >= 15 is 0 Å². The lowest BCUT2D eigenvalue weighted by Crippen LogP contribution is -2.65. The molecule has 3 saturated carbocycles. The SMILES string of the molecule is CCN1CCN(C(=O)NC(C(=O)N[C@@H](Cc2cccc(C(=O)OC(C)(C)C)c2OC)B2O[C@@H]3C[C@@H]4C[C@@H](C4(C)C)[C@]3(C)O2)C2CCN(S(=O)(=O)NC(=O)OC(C)(C)C)CC2)C(=O)C1=O. The van der Waals surface area contributed by atoms with Gasteiger partial charge in [0, 0.05) is 32.7 Å². The molecule has 3 heterocycles. The van der Waals surface area contributed by atoms with E-state index in [1.165, 1.54) is 12.0 Å². The number of imide groups is 1. The molecule has 6 amide bonds. The number of para-hydroxylation sites is 1. The van der Waals surface area contributed by atoms with Crippen LogP contribution in [0.4, 0.5) is 9.59 Å². The highest BCUT2D eigenvalue weighted by Gasteiger charge is 2.68. The summed E-state index contributed by atoms with van der Waals surface area (Å²) in [5, 5.41) is 5.81. The van der Waals surface area contributed by atoms with E-state index in [4.69, 9.17) is 23.5 Å². The van der Waals surface area contributed by atoms with Crippen molar-refractivity contribution in [2.24, 2.45) is 23.2 Å². The molecule has 3 N–H and O–H groups in total. The number of ether oxygens (including phenoxy) is 3. The zero-order valence-corrected chi connectivity index (χ0v) is 39.7. The lowest BCUT2D eigenvalue weighted by Gasteiger charge is -2.64. The number of esters is 1. The number of hydrogen-bond donors (Lipinski definition) is 3. The van der Waals surface area contributed by atoms with E-state index in [1.54, 1.807) is 66.7 Å². The van der Waals surface area contributed by atoms with Crippen LogP contribution in [0.2, 0.25) is 0 Å². The average Bonchev–Trinajstić information content (AvgIpc) is 3.56. The van der Waals surface area contributed by atoms with Gasteiger partial charge in [-0.05, 0) is 122 Å². The fraction of sp³-hybridized carbons (Fsp3) is 0.721. The number of carbonyl (C=O) groups excluding carboxylic acids is 6. The number of benzene rings is 1. The molecule has 354 valence electrons. The third kappa shape index (κ3) is 10.2. The number of urea groups is 1. The lowest BCUT2D eigenvalue weighted by atomic mass is 9.43. The van der Waals surface area contributed by atoms with Gasteiger partial charge in [0.2, 0.25) is 5.91 Å². The normalized spacial score (nSPS) is 26.0. The van der Waals surface area contributed by atoms with Crippen LogP contribution in [0, 0.1) is 23.2 Å². The minimum Gasteiger partial charge on any atom is -0.496 e. The molecular formula is C43H65BN6O13S. The smallest absolute Gasteiger partial charge is 0.482 e. The van der Waals surface area contributed by atoms with Crippen LogP contribution in [0.1, 0.15) is 111 Å². The molecule has 19 nitrogen and oxygen atoms in total. The number of piperazine rings is 1. The molecule has 2 bridgehead atoms. The summed E-state index contributed by atoms with van der Waals surface area (Å²) in [6.07, 6.45) is 0.454. The van der Waals surface area contributed by atoms with Gasteiger partial charge in [0.15, 0.2) is 0 Å². The monoisotopic (exact) mass is 916 g/mol. The van der Waals surface area contributed by atoms with Crippen LogP contribution in [0.15, 0.2) is 18.2 Å². The zero-order chi connectivity index (χ0) is 47.3. The predicted molar refractivity (Wildman–Crippen MR) is 233 cm³/mol. The first-order valence-electron chi connectivity index (χ1n) is 22.1. The molecule has 3 aliphatic heterocycles. The standard InChI is InChI=1S/C43H65BN6O13S/c1-12-48-20-21-50(36(53)35(48)52)38(55)46-32(25-16-18-49(19-17-25)64(57,58)47-39(56)61-41(5,6)7)34(51)45-31(44-62-30-24-27-23-29(42(27,8)9)43(30,10)63-44)22-26-14-13-15-28(33(26)59-11)37(54)60-40(2,3)4/h13-15,25,27,29-32H,12,16-24H2,1-11H3,(H,45,51)(H,46,55)(H,47,56)/t27-,29-,30+,31-,32?,43-/m0/s1. The topological polar surface area (TPSA) is 229 Å². The lowest BCUT2D eigenvalue weighted by molar-refractivity contribution is -0.199. The van der Waals surface area contributed by atoms with Crippen LogP contribution in [0.25, 0.3) is 0 Å². The summed E-state index contributed by atoms with van der Waals surface area (Å²) in [6.45, 7) is 18.3. The molecular weight excluding hydrogens is 851 g/mol. The van der Waals surface area contributed by atoms with Crippen LogP contribution in [0.5, 0.6) is 5.75 Å². The van der Waals surface area contributed by atoms with Gasteiger partial charge < -0.3 is 39.1 Å². The summed E-state index contributed by atoms with van der Waals surface area (Å²) in [4.78, 5) is 82.8. The average molecular weight is 917 g/mol. The van der Waals surface area contributed by atoms with Crippen molar-refractivity contribution in [3.05, 3.63) is 29.3 Å². The highest BCUT2D eigenvalue weighted by atomic mass is 32.2. The molecule has 0 radical (unpaired) electrons. The Labute approximate surface area is 376 Å². The summed E-state index contributed by atoms with van der Waals surface area (Å²) in [5.74, 6) is -3.97. The van der Waals surface area contributed by atoms with Gasteiger partial charge in [0.25, 0.3) is 0 Å². The van der Waals surface area contributed by atoms with Crippen LogP contribution >= 0.6 is 0 Å². The molecule has 0 spiro atoms. The summed E-state index contributed by atoms with van der Waals surface area (Å²) >= 11 is 0. The summed E-state index contributed by atoms with van der Waals surface area (Å²) in [7, 11) is -3.92. The molecule has 1 aromatic rings. The molecule has 3 saturated heterocycles. The summed E-state index contributed by atoms with van der Waals surface area (Å²) < 4.78 is 59.8. The van der Waals surface area contributed by atoms with E-state index in [9.17, 15) is 37.2 Å². The Morgan fingerprint density at radius 1 is 0.922 bits per heavy atom. The molecule has 0 aromatic heterocycles. The largest absolute Gasteiger partial charge is 0.496 e. The number of likely N-dealkylation sites (N-methyl/N-ethyl adjacent to an activating group) is 1. The van der Waals surface area contributed by atoms with E-state index in [1.807, 2.05) is 11.6 Å². The second-order valence-electron chi connectivity index (χ2n) is 20.3. The molecule has 1 unspecified atom stereocenters. The number of amides is 6. The van der Waals surface area contributed by atoms with Crippen LogP contribution in [0.3, 0.4) is 0 Å². The van der Waals surface area contributed by atoms with E-state index in [0.29, 0.717) is 11.5 Å². The fourth-order valence-corrected chi connectivity index (χ4v) is 11.0. The maximum atomic E-state index is 14.9. The number of rotatable bonds is 12. The van der Waals surface area contributed by atoms with Gasteiger partial charge in [-0.15, -0.1) is 0 Å². The second-order valence-corrected chi connectivity index (χ2v) is 21.9. The van der Waals surface area contributed by atoms with Crippen molar-refractivity contribution in [2.75, 3.05) is 39.8 Å². The van der Waals surface area contributed by atoms with Gasteiger partial charge in [0.1, 0.15) is 28.6 Å². The van der Waals surface area contributed by atoms with Crippen molar-refractivity contribution in [3.8, 4) is 5.75 Å². The van der Waals surface area contributed by atoms with Crippen LogP contribution in [-0.4, -0.2) is 140 Å². The van der Waals surface area contributed by atoms with Gasteiger partial charge in [-0.2, -0.15) is 12.7 Å². The van der Waals surface area contributed by atoms with Crippen molar-refractivity contribution >= 4 is 53.1 Å². The third-order valence-corrected chi connectivity index (χ3v) is 14.9. The first-order chi connectivity index (χ1) is 29.7. The summed E-state index contributed by atoms with van der Waals surface area (Å²) in [5.41, 5.74) is -1.72. The van der Waals surface area contributed by atoms with Crippen molar-refractivity contribution in [1.29, 1.82) is 0 Å². The Balaban J connectivity index is 1.31. The van der Waals surface area contributed by atoms with Gasteiger partial charge in [0.05, 0.1) is 24.8 Å². The molecule has 6 aliphatic rings. The molecule has 6 fully saturated rings. The molecule has 7 rings (SSSR count). The molecule has 6 atom stereocenters. The maximum absolute atomic E-state index is 14.9. The van der Waals surface area contributed by atoms with Gasteiger partial charge in [-0.3, -0.25) is 19.3 Å². The Hall–Kier alpha value is -4.47. The number of piperidine rings is 1. The Bertz CT molecular complexity index is 2120. The van der Waals surface area contributed by atoms with Gasteiger partial charge in [-0.25, -0.2) is 19.1 Å². The Kier molecular flexibility index (Phi) is 13.8. The Morgan fingerprint density at radius 3 is 2.17 bits per heavy atom. The quantitative estimate of drug-likeness (QED) is 0.156. The first kappa shape index (κ1) is 49.0. The highest BCUT2D eigenvalue weighted by molar-refractivity contribution is 7.87. The van der Waals surface area contributed by atoms with E-state index in [2.05, 4.69) is 24.5 Å². The molecule has 21 heteroatoms. The minimum atomic E-state index is -4.35. The van der Waals surface area contributed by atoms with Crippen molar-refractivity contribution in [3.63, 3.8) is 0 Å². The Morgan fingerprint density at radius 2 is 1.58 bits per heavy atom.